The Morgan fingerprint density at radius 3 is 2.67 bits per heavy atom. The van der Waals surface area contributed by atoms with E-state index in [0.29, 0.717) is 31.7 Å². The van der Waals surface area contributed by atoms with E-state index in [1.807, 2.05) is 12.1 Å². The molecule has 36 heavy (non-hydrogen) atoms. The minimum atomic E-state index is -4.56. The fraction of sp³-hybridized carbons (Fsp3) is 0.560. The van der Waals surface area contributed by atoms with Crippen molar-refractivity contribution >= 4 is 23.4 Å². The molecule has 196 valence electrons. The van der Waals surface area contributed by atoms with E-state index in [9.17, 15) is 23.1 Å². The van der Waals surface area contributed by atoms with Crippen LogP contribution in [0.1, 0.15) is 49.8 Å². The van der Waals surface area contributed by atoms with Crippen LogP contribution in [0.25, 0.3) is 0 Å². The van der Waals surface area contributed by atoms with Gasteiger partial charge in [-0.05, 0) is 75.4 Å². The zero-order valence-electron chi connectivity index (χ0n) is 20.6. The molecule has 1 aromatic heterocycles. The molecule has 3 heterocycles. The molecule has 1 amide bonds. The molecular formula is C25H33F3N6O2. The van der Waals surface area contributed by atoms with Gasteiger partial charge in [-0.2, -0.15) is 18.2 Å². The van der Waals surface area contributed by atoms with E-state index in [1.54, 1.807) is 24.8 Å². The molecule has 2 aliphatic heterocycles. The first-order valence-corrected chi connectivity index (χ1v) is 12.3. The molecule has 0 saturated carbocycles. The summed E-state index contributed by atoms with van der Waals surface area (Å²) in [5.74, 6) is 0.0401. The number of nitrogens with zero attached hydrogens (tertiary/aromatic N) is 3. The molecule has 0 bridgehead atoms. The van der Waals surface area contributed by atoms with Crippen LogP contribution in [-0.4, -0.2) is 57.7 Å². The first-order valence-electron chi connectivity index (χ1n) is 12.3. The highest BCUT2D eigenvalue weighted by atomic mass is 19.4. The number of carbonyl (C=O) groups is 1. The van der Waals surface area contributed by atoms with E-state index < -0.39 is 17.3 Å². The first-order chi connectivity index (χ1) is 17.0. The number of alkyl halides is 3. The van der Waals surface area contributed by atoms with Crippen LogP contribution < -0.4 is 16.0 Å². The molecule has 1 saturated heterocycles. The van der Waals surface area contributed by atoms with Gasteiger partial charge in [0.15, 0.2) is 0 Å². The summed E-state index contributed by atoms with van der Waals surface area (Å²) in [5.41, 5.74) is 0.753. The Balaban J connectivity index is 1.46. The minimum Gasteiger partial charge on any atom is -0.390 e. The van der Waals surface area contributed by atoms with E-state index in [2.05, 4.69) is 25.9 Å². The number of amides is 1. The number of hydrogen-bond acceptors (Lipinski definition) is 7. The van der Waals surface area contributed by atoms with Crippen LogP contribution in [0.5, 0.6) is 0 Å². The van der Waals surface area contributed by atoms with E-state index >= 15 is 0 Å². The maximum Gasteiger partial charge on any atom is 0.421 e. The molecular weight excluding hydrogens is 473 g/mol. The second-order valence-corrected chi connectivity index (χ2v) is 10.2. The van der Waals surface area contributed by atoms with Crippen LogP contribution >= 0.6 is 0 Å². The number of nitrogens with one attached hydrogen (secondary N) is 3. The van der Waals surface area contributed by atoms with E-state index in [-0.39, 0.29) is 30.0 Å². The van der Waals surface area contributed by atoms with Crippen molar-refractivity contribution in [1.82, 2.24) is 20.2 Å². The number of rotatable bonds is 7. The predicted molar refractivity (Wildman–Crippen MR) is 131 cm³/mol. The monoisotopic (exact) mass is 506 g/mol. The van der Waals surface area contributed by atoms with Crippen LogP contribution in [-0.2, 0) is 23.9 Å². The number of piperidine rings is 1. The van der Waals surface area contributed by atoms with Crippen molar-refractivity contribution in [2.24, 2.45) is 5.92 Å². The van der Waals surface area contributed by atoms with Gasteiger partial charge >= 0.3 is 6.18 Å². The average molecular weight is 507 g/mol. The molecule has 0 atom stereocenters. The molecule has 0 unspecified atom stereocenters. The lowest BCUT2D eigenvalue weighted by molar-refractivity contribution is -0.137. The van der Waals surface area contributed by atoms with E-state index in [1.165, 1.54) is 0 Å². The highest BCUT2D eigenvalue weighted by Gasteiger charge is 2.35. The summed E-state index contributed by atoms with van der Waals surface area (Å²) in [6, 6.07) is 5.60. The Morgan fingerprint density at radius 1 is 1.22 bits per heavy atom. The van der Waals surface area contributed by atoms with Crippen molar-refractivity contribution < 1.29 is 23.1 Å². The maximum atomic E-state index is 13.5. The molecule has 1 aromatic carbocycles. The predicted octanol–water partition coefficient (Wildman–Crippen LogP) is 3.70. The van der Waals surface area contributed by atoms with Gasteiger partial charge in [-0.15, -0.1) is 0 Å². The van der Waals surface area contributed by atoms with Crippen LogP contribution in [0.15, 0.2) is 24.4 Å². The Kier molecular flexibility index (Phi) is 7.70. The lowest BCUT2D eigenvalue weighted by Crippen LogP contribution is -2.39. The number of aliphatic hydroxyl groups is 1. The molecule has 1 fully saturated rings. The van der Waals surface area contributed by atoms with Gasteiger partial charge in [0.1, 0.15) is 11.4 Å². The van der Waals surface area contributed by atoms with Crippen molar-refractivity contribution in [3.8, 4) is 0 Å². The van der Waals surface area contributed by atoms with Gasteiger partial charge in [0.25, 0.3) is 0 Å². The zero-order chi connectivity index (χ0) is 25.9. The smallest absolute Gasteiger partial charge is 0.390 e. The first kappa shape index (κ1) is 26.2. The molecule has 4 N–H and O–H groups in total. The van der Waals surface area contributed by atoms with Gasteiger partial charge in [-0.1, -0.05) is 6.07 Å². The lowest BCUT2D eigenvalue weighted by atomic mass is 9.97. The third-order valence-electron chi connectivity index (χ3n) is 6.52. The number of anilines is 3. The number of halogens is 3. The second-order valence-electron chi connectivity index (χ2n) is 10.2. The quantitative estimate of drug-likeness (QED) is 0.454. The standard InChI is InChI=1S/C25H33F3N6O2/c1-24(2,36)12-21(35)34-10-7-17-11-19(4-3-18(17)15-34)32-23-31-14-20(25(26,27)28)22(33-23)30-13-16-5-8-29-9-6-16/h3-4,11,14,16,29,36H,5-10,12-13,15H2,1-2H3,(H2,30,31,32,33). The fourth-order valence-corrected chi connectivity index (χ4v) is 4.57. The number of benzene rings is 1. The normalized spacial score (nSPS) is 17.0. The highest BCUT2D eigenvalue weighted by molar-refractivity contribution is 5.77. The van der Waals surface area contributed by atoms with E-state index in [0.717, 1.165) is 43.3 Å². The molecule has 0 aliphatic carbocycles. The summed E-state index contributed by atoms with van der Waals surface area (Å²) >= 11 is 0. The topological polar surface area (TPSA) is 102 Å². The minimum absolute atomic E-state index is 0.0568. The number of fused-ring (bicyclic) bond motifs is 1. The van der Waals surface area contributed by atoms with Gasteiger partial charge in [-0.25, -0.2) is 4.98 Å². The third-order valence-corrected chi connectivity index (χ3v) is 6.52. The van der Waals surface area contributed by atoms with Gasteiger partial charge in [0, 0.05) is 31.5 Å². The number of aromatic nitrogens is 2. The van der Waals surface area contributed by atoms with Crippen LogP contribution in [0.2, 0.25) is 0 Å². The summed E-state index contributed by atoms with van der Waals surface area (Å²) in [6.07, 6.45) is -1.25. The Labute approximate surface area is 208 Å². The van der Waals surface area contributed by atoms with Crippen molar-refractivity contribution in [3.63, 3.8) is 0 Å². The molecule has 0 spiro atoms. The van der Waals surface area contributed by atoms with Crippen LogP contribution in [0, 0.1) is 5.92 Å². The van der Waals surface area contributed by atoms with Crippen molar-refractivity contribution in [2.45, 2.75) is 57.9 Å². The molecule has 2 aliphatic rings. The van der Waals surface area contributed by atoms with Gasteiger partial charge in [0.05, 0.1) is 12.0 Å². The average Bonchev–Trinajstić information content (AvgIpc) is 2.81. The Morgan fingerprint density at radius 2 is 1.97 bits per heavy atom. The maximum absolute atomic E-state index is 13.5. The zero-order valence-corrected chi connectivity index (χ0v) is 20.6. The number of carbonyl (C=O) groups excluding carboxylic acids is 1. The van der Waals surface area contributed by atoms with Gasteiger partial charge in [-0.3, -0.25) is 4.79 Å². The van der Waals surface area contributed by atoms with Gasteiger partial charge < -0.3 is 26.0 Å². The summed E-state index contributed by atoms with van der Waals surface area (Å²) in [6.45, 7) is 6.34. The fourth-order valence-electron chi connectivity index (χ4n) is 4.57. The lowest BCUT2D eigenvalue weighted by Gasteiger charge is -2.31. The summed E-state index contributed by atoms with van der Waals surface area (Å²) in [7, 11) is 0. The molecule has 11 heteroatoms. The van der Waals surface area contributed by atoms with Crippen molar-refractivity contribution in [1.29, 1.82) is 0 Å². The molecule has 8 nitrogen and oxygen atoms in total. The van der Waals surface area contributed by atoms with Gasteiger partial charge in [0.2, 0.25) is 11.9 Å². The largest absolute Gasteiger partial charge is 0.421 e. The summed E-state index contributed by atoms with van der Waals surface area (Å²) in [5, 5.41) is 19.1. The van der Waals surface area contributed by atoms with Crippen LogP contribution in [0.4, 0.5) is 30.6 Å². The van der Waals surface area contributed by atoms with Crippen LogP contribution in [0.3, 0.4) is 0 Å². The summed E-state index contributed by atoms with van der Waals surface area (Å²) < 4.78 is 40.6. The highest BCUT2D eigenvalue weighted by Crippen LogP contribution is 2.34. The second kappa shape index (κ2) is 10.6. The molecule has 4 rings (SSSR count). The SMILES string of the molecule is CC(C)(O)CC(=O)N1CCc2cc(Nc3ncc(C(F)(F)F)c(NCC4CCNCC4)n3)ccc2C1. The molecule has 2 aromatic rings. The van der Waals surface area contributed by atoms with Crippen molar-refractivity contribution in [2.75, 3.05) is 36.8 Å². The number of hydrogen-bond donors (Lipinski definition) is 4. The van der Waals surface area contributed by atoms with Crippen molar-refractivity contribution in [3.05, 3.63) is 41.1 Å². The third kappa shape index (κ3) is 6.85. The Bertz CT molecular complexity index is 1080. The molecule has 0 radical (unpaired) electrons. The summed E-state index contributed by atoms with van der Waals surface area (Å²) in [4.78, 5) is 22.3. The Hall–Kier alpha value is -2.92. The van der Waals surface area contributed by atoms with E-state index in [4.69, 9.17) is 0 Å².